The normalized spacial score (nSPS) is 12.6. The highest BCUT2D eigenvalue weighted by Gasteiger charge is 2.26. The molecule has 0 saturated carbocycles. The van der Waals surface area contributed by atoms with Crippen molar-refractivity contribution < 1.29 is 19.1 Å². The molecule has 0 unspecified atom stereocenters. The van der Waals surface area contributed by atoms with Gasteiger partial charge in [0.25, 0.3) is 0 Å². The van der Waals surface area contributed by atoms with Crippen LogP contribution in [-0.4, -0.2) is 54.8 Å². The Morgan fingerprint density at radius 3 is 2.37 bits per heavy atom. The molecule has 0 saturated heterocycles. The van der Waals surface area contributed by atoms with Crippen LogP contribution in [0.4, 0.5) is 9.59 Å². The van der Waals surface area contributed by atoms with Crippen molar-refractivity contribution in [3.63, 3.8) is 0 Å². The predicted molar refractivity (Wildman–Crippen MR) is 213 cm³/mol. The van der Waals surface area contributed by atoms with Crippen LogP contribution in [0.1, 0.15) is 103 Å². The van der Waals surface area contributed by atoms with Gasteiger partial charge in [-0.05, 0) is 114 Å². The third kappa shape index (κ3) is 10.8. The molecule has 2 atom stereocenters. The number of aromatic nitrogens is 4. The summed E-state index contributed by atoms with van der Waals surface area (Å²) >= 11 is 0. The van der Waals surface area contributed by atoms with Crippen LogP contribution in [0.15, 0.2) is 83.8 Å². The number of ether oxygens (including phenoxy) is 2. The van der Waals surface area contributed by atoms with Crippen molar-refractivity contribution in [2.45, 2.75) is 111 Å². The predicted octanol–water partition coefficient (Wildman–Crippen LogP) is 9.07. The Hall–Kier alpha value is -5.45. The summed E-state index contributed by atoms with van der Waals surface area (Å²) in [5, 5.41) is 3.71. The van der Waals surface area contributed by atoms with E-state index in [-0.39, 0.29) is 24.8 Å². The van der Waals surface area contributed by atoms with Crippen molar-refractivity contribution >= 4 is 23.2 Å². The SMILES string of the molecule is CCCCN(C(=O)OC(C)(C)C)[C@@H](C)c1ccc(-n2cc3cc(-c4cc(CCC[C@H](C)NC(=O)OCc5ccccc5)cc(CC)n4)[nH]c3nc2=O)cc1. The number of unbranched alkanes of at least 4 members (excludes halogenated alkanes) is 1. The van der Waals surface area contributed by atoms with E-state index in [9.17, 15) is 14.4 Å². The number of fused-ring (bicyclic) bond motifs is 1. The zero-order chi connectivity index (χ0) is 38.8. The van der Waals surface area contributed by atoms with Crippen molar-refractivity contribution in [3.05, 3.63) is 112 Å². The summed E-state index contributed by atoms with van der Waals surface area (Å²) in [6.07, 6.45) is 6.12. The van der Waals surface area contributed by atoms with Crippen molar-refractivity contribution in [1.82, 2.24) is 29.7 Å². The van der Waals surface area contributed by atoms with Crippen LogP contribution in [0.3, 0.4) is 0 Å². The summed E-state index contributed by atoms with van der Waals surface area (Å²) in [6.45, 7) is 14.6. The molecule has 0 fully saturated rings. The quantitative estimate of drug-likeness (QED) is 0.110. The first-order valence-electron chi connectivity index (χ1n) is 19.0. The second-order valence-electron chi connectivity index (χ2n) is 14.9. The van der Waals surface area contributed by atoms with E-state index in [2.05, 4.69) is 41.3 Å². The molecule has 11 nitrogen and oxygen atoms in total. The van der Waals surface area contributed by atoms with Crippen molar-refractivity contribution in [3.8, 4) is 17.1 Å². The van der Waals surface area contributed by atoms with Crippen molar-refractivity contribution in [2.24, 2.45) is 0 Å². The largest absolute Gasteiger partial charge is 0.445 e. The summed E-state index contributed by atoms with van der Waals surface area (Å²) < 4.78 is 12.6. The van der Waals surface area contributed by atoms with Gasteiger partial charge in [0.1, 0.15) is 17.9 Å². The maximum absolute atomic E-state index is 13.3. The monoisotopic (exact) mass is 734 g/mol. The van der Waals surface area contributed by atoms with Gasteiger partial charge in [-0.1, -0.05) is 62.7 Å². The molecule has 54 heavy (non-hydrogen) atoms. The molecular formula is C43H54N6O5. The lowest BCUT2D eigenvalue weighted by atomic mass is 10.0. The lowest BCUT2D eigenvalue weighted by molar-refractivity contribution is 0.0170. The minimum atomic E-state index is -0.590. The van der Waals surface area contributed by atoms with Gasteiger partial charge in [-0.25, -0.2) is 14.4 Å². The molecule has 2 aromatic carbocycles. The number of benzene rings is 2. The Morgan fingerprint density at radius 2 is 1.69 bits per heavy atom. The van der Waals surface area contributed by atoms with E-state index in [0.717, 1.165) is 77.7 Å². The number of aryl methyl sites for hydroxylation is 2. The summed E-state index contributed by atoms with van der Waals surface area (Å²) in [6, 6.07) is 23.2. The molecule has 2 N–H and O–H groups in total. The van der Waals surface area contributed by atoms with Gasteiger partial charge in [-0.15, -0.1) is 0 Å². The molecule has 11 heteroatoms. The molecule has 2 amide bonds. The van der Waals surface area contributed by atoms with E-state index < -0.39 is 17.4 Å². The number of rotatable bonds is 15. The fraction of sp³-hybridized carbons (Fsp3) is 0.419. The van der Waals surface area contributed by atoms with Crippen molar-refractivity contribution in [1.29, 1.82) is 0 Å². The topological polar surface area (TPSA) is 131 Å². The van der Waals surface area contributed by atoms with Crippen molar-refractivity contribution in [2.75, 3.05) is 6.54 Å². The van der Waals surface area contributed by atoms with Gasteiger partial charge in [0.2, 0.25) is 0 Å². The average Bonchev–Trinajstić information content (AvgIpc) is 3.56. The van der Waals surface area contributed by atoms with Gasteiger partial charge in [0.15, 0.2) is 0 Å². The molecule has 5 aromatic rings. The van der Waals surface area contributed by atoms with E-state index >= 15 is 0 Å². The molecule has 3 heterocycles. The van der Waals surface area contributed by atoms with Crippen LogP contribution in [0.25, 0.3) is 28.1 Å². The second-order valence-corrected chi connectivity index (χ2v) is 14.9. The summed E-state index contributed by atoms with van der Waals surface area (Å²) in [5.41, 5.74) is 5.74. The number of amides is 2. The van der Waals surface area contributed by atoms with Crippen LogP contribution in [0.5, 0.6) is 0 Å². The maximum Gasteiger partial charge on any atom is 0.410 e. The molecule has 3 aromatic heterocycles. The molecule has 0 bridgehead atoms. The first kappa shape index (κ1) is 39.8. The van der Waals surface area contributed by atoms with Gasteiger partial charge < -0.3 is 24.7 Å². The number of hydrogen-bond acceptors (Lipinski definition) is 7. The number of carbonyl (C=O) groups excluding carboxylic acids is 2. The van der Waals surface area contributed by atoms with Crippen LogP contribution < -0.4 is 11.0 Å². The van der Waals surface area contributed by atoms with Crippen LogP contribution in [-0.2, 0) is 28.9 Å². The molecule has 286 valence electrons. The summed E-state index contributed by atoms with van der Waals surface area (Å²) in [4.78, 5) is 53.0. The van der Waals surface area contributed by atoms with Gasteiger partial charge in [-0.2, -0.15) is 4.98 Å². The van der Waals surface area contributed by atoms with E-state index in [4.69, 9.17) is 14.5 Å². The minimum Gasteiger partial charge on any atom is -0.445 e. The number of carbonyl (C=O) groups is 2. The molecular weight excluding hydrogens is 681 g/mol. The Bertz CT molecular complexity index is 2070. The lowest BCUT2D eigenvalue weighted by Gasteiger charge is -2.32. The molecule has 0 aliphatic heterocycles. The summed E-state index contributed by atoms with van der Waals surface area (Å²) in [5.74, 6) is 0. The smallest absolute Gasteiger partial charge is 0.410 e. The Balaban J connectivity index is 1.26. The number of nitrogens with zero attached hydrogens (tertiary/aromatic N) is 4. The fourth-order valence-corrected chi connectivity index (χ4v) is 6.27. The first-order chi connectivity index (χ1) is 25.8. The Kier molecular flexibility index (Phi) is 13.3. The highest BCUT2D eigenvalue weighted by molar-refractivity contribution is 5.82. The highest BCUT2D eigenvalue weighted by Crippen LogP contribution is 2.27. The molecule has 0 radical (unpaired) electrons. The van der Waals surface area contributed by atoms with E-state index in [0.29, 0.717) is 17.9 Å². The standard InChI is InChI=1S/C43H54N6O5/c1-8-10-23-48(42(52)54-43(5,6)7)30(4)33-19-21-36(22-20-33)49-27-34-26-38(46-39(34)47-40(49)50)37-25-32(24-35(9-2)45-37)18-14-15-29(3)44-41(51)53-28-31-16-12-11-13-17-31/h11-13,16-17,19-22,24-27,29-30H,8-10,14-15,18,23,28H2,1-7H3,(H,44,51)(H,46,47,50)/t29-,30-/m0/s1. The number of pyridine rings is 1. The number of alkyl carbamates (subject to hydrolysis) is 1. The average molecular weight is 735 g/mol. The molecule has 5 rings (SSSR count). The third-order valence-electron chi connectivity index (χ3n) is 9.27. The van der Waals surface area contributed by atoms with Gasteiger partial charge in [-0.3, -0.25) is 9.55 Å². The van der Waals surface area contributed by atoms with Crippen LogP contribution in [0.2, 0.25) is 0 Å². The lowest BCUT2D eigenvalue weighted by Crippen LogP contribution is -2.39. The van der Waals surface area contributed by atoms with Gasteiger partial charge in [0.05, 0.1) is 23.1 Å². The minimum absolute atomic E-state index is 0.0367. The summed E-state index contributed by atoms with van der Waals surface area (Å²) in [7, 11) is 0. The second kappa shape index (κ2) is 18.1. The number of aromatic amines is 1. The highest BCUT2D eigenvalue weighted by atomic mass is 16.6. The molecule has 0 aliphatic carbocycles. The van der Waals surface area contributed by atoms with Gasteiger partial charge >= 0.3 is 17.9 Å². The maximum atomic E-state index is 13.3. The third-order valence-corrected chi connectivity index (χ3v) is 9.27. The van der Waals surface area contributed by atoms with E-state index in [1.165, 1.54) is 4.57 Å². The zero-order valence-electron chi connectivity index (χ0n) is 32.6. The molecule has 0 spiro atoms. The Morgan fingerprint density at radius 1 is 0.944 bits per heavy atom. The van der Waals surface area contributed by atoms with Crippen LogP contribution in [0, 0.1) is 0 Å². The zero-order valence-corrected chi connectivity index (χ0v) is 32.6. The fourth-order valence-electron chi connectivity index (χ4n) is 6.27. The Labute approximate surface area is 318 Å². The first-order valence-corrected chi connectivity index (χ1v) is 19.0. The number of nitrogens with one attached hydrogen (secondary N) is 2. The van der Waals surface area contributed by atoms with E-state index in [1.807, 2.05) is 95.3 Å². The van der Waals surface area contributed by atoms with E-state index in [1.54, 1.807) is 11.1 Å². The number of hydrogen-bond donors (Lipinski definition) is 2. The molecule has 0 aliphatic rings. The van der Waals surface area contributed by atoms with Crippen LogP contribution >= 0.6 is 0 Å². The number of H-pyrrole nitrogens is 1. The van der Waals surface area contributed by atoms with Gasteiger partial charge in [0, 0.05) is 29.9 Å².